The first-order valence-corrected chi connectivity index (χ1v) is 10.5. The summed E-state index contributed by atoms with van der Waals surface area (Å²) in [5.41, 5.74) is 2.33. The van der Waals surface area contributed by atoms with Crippen LogP contribution in [-0.4, -0.2) is 37.9 Å². The van der Waals surface area contributed by atoms with E-state index in [0.717, 1.165) is 0 Å². The van der Waals surface area contributed by atoms with Gasteiger partial charge in [-0.1, -0.05) is 6.07 Å². The van der Waals surface area contributed by atoms with E-state index in [1.54, 1.807) is 12.1 Å². The van der Waals surface area contributed by atoms with Crippen molar-refractivity contribution in [2.75, 3.05) is 26.2 Å². The van der Waals surface area contributed by atoms with Crippen molar-refractivity contribution in [3.8, 4) is 17.2 Å². The number of ketones is 1. The molecule has 0 spiro atoms. The third kappa shape index (κ3) is 3.79. The average molecular weight is 452 g/mol. The van der Waals surface area contributed by atoms with Gasteiger partial charge in [0, 0.05) is 53.4 Å². The van der Waals surface area contributed by atoms with Gasteiger partial charge in [-0.2, -0.15) is 0 Å². The highest BCUT2D eigenvalue weighted by atomic mass is 16.6. The van der Waals surface area contributed by atoms with E-state index in [1.807, 2.05) is 0 Å². The topological polar surface area (TPSA) is 108 Å². The molecule has 0 saturated heterocycles. The number of amides is 1. The summed E-state index contributed by atoms with van der Waals surface area (Å²) < 4.78 is 16.5. The summed E-state index contributed by atoms with van der Waals surface area (Å²) in [6.45, 7) is 0. The number of non-ortho nitro benzene ring substituents is 1. The molecule has 2 aromatic carbocycles. The number of nitrogens with zero attached hydrogens (tertiary/aromatic N) is 2. The van der Waals surface area contributed by atoms with Crippen LogP contribution in [0.25, 0.3) is 0 Å². The largest absolute Gasteiger partial charge is 0.493 e. The van der Waals surface area contributed by atoms with Gasteiger partial charge in [0.25, 0.3) is 5.69 Å². The number of methoxy groups -OCH3 is 3. The van der Waals surface area contributed by atoms with Crippen LogP contribution >= 0.6 is 0 Å². The zero-order chi connectivity index (χ0) is 23.7. The van der Waals surface area contributed by atoms with Gasteiger partial charge in [0.15, 0.2) is 17.3 Å². The number of Topliss-reactive ketones (excluding diaryl/α,β-unsaturated/α-hetero) is 1. The number of nitro groups is 1. The standard InChI is InChI=1S/C24H24N2O7/c1-31-20-12-11-16(23(32-2)24(20)33-3)17-13-21(28)25(18-5-4-6-19(27)22(17)18)14-7-9-15(10-8-14)26(29)30/h7-12,17H,4-6,13H2,1-3H3. The highest BCUT2D eigenvalue weighted by Crippen LogP contribution is 2.49. The van der Waals surface area contributed by atoms with Crippen LogP contribution in [-0.2, 0) is 9.59 Å². The molecule has 0 N–H and O–H groups in total. The lowest BCUT2D eigenvalue weighted by Crippen LogP contribution is -2.40. The van der Waals surface area contributed by atoms with Gasteiger partial charge in [-0.3, -0.25) is 24.6 Å². The molecule has 172 valence electrons. The van der Waals surface area contributed by atoms with Crippen LogP contribution in [0.4, 0.5) is 11.4 Å². The molecule has 0 aromatic heterocycles. The minimum absolute atomic E-state index is 0.0162. The number of carbonyl (C=O) groups is 2. The van der Waals surface area contributed by atoms with Gasteiger partial charge >= 0.3 is 0 Å². The van der Waals surface area contributed by atoms with Crippen LogP contribution in [0.5, 0.6) is 17.2 Å². The summed E-state index contributed by atoms with van der Waals surface area (Å²) in [6, 6.07) is 9.32. The number of benzene rings is 2. The van der Waals surface area contributed by atoms with E-state index >= 15 is 0 Å². The Morgan fingerprint density at radius 1 is 0.939 bits per heavy atom. The fraction of sp³-hybridized carbons (Fsp3) is 0.333. The van der Waals surface area contributed by atoms with Crippen molar-refractivity contribution in [2.45, 2.75) is 31.6 Å². The molecule has 1 amide bonds. The van der Waals surface area contributed by atoms with Crippen molar-refractivity contribution >= 4 is 23.1 Å². The Labute approximate surface area is 190 Å². The van der Waals surface area contributed by atoms with Gasteiger partial charge in [0.2, 0.25) is 11.7 Å². The van der Waals surface area contributed by atoms with E-state index in [-0.39, 0.29) is 23.8 Å². The number of rotatable bonds is 6. The maximum Gasteiger partial charge on any atom is 0.269 e. The SMILES string of the molecule is COc1ccc(C2CC(=O)N(c3ccc([N+](=O)[O-])cc3)C3=C2C(=O)CCC3)c(OC)c1OC. The van der Waals surface area contributed by atoms with Crippen LogP contribution in [0.15, 0.2) is 47.7 Å². The van der Waals surface area contributed by atoms with Gasteiger partial charge in [-0.05, 0) is 31.0 Å². The van der Waals surface area contributed by atoms with Crippen LogP contribution in [0.2, 0.25) is 0 Å². The third-order valence-electron chi connectivity index (χ3n) is 6.10. The molecule has 0 radical (unpaired) electrons. The van der Waals surface area contributed by atoms with Crippen molar-refractivity contribution in [3.05, 3.63) is 63.3 Å². The summed E-state index contributed by atoms with van der Waals surface area (Å²) in [4.78, 5) is 38.6. The highest BCUT2D eigenvalue weighted by molar-refractivity contribution is 6.07. The monoisotopic (exact) mass is 452 g/mol. The predicted octanol–water partition coefficient (Wildman–Crippen LogP) is 4.15. The molecule has 0 fully saturated rings. The van der Waals surface area contributed by atoms with E-state index in [9.17, 15) is 19.7 Å². The van der Waals surface area contributed by atoms with Crippen LogP contribution in [0.3, 0.4) is 0 Å². The Hall–Kier alpha value is -3.88. The Kier molecular flexibility index (Phi) is 6.04. The van der Waals surface area contributed by atoms with Crippen LogP contribution < -0.4 is 19.1 Å². The number of carbonyl (C=O) groups excluding carboxylic acids is 2. The van der Waals surface area contributed by atoms with E-state index < -0.39 is 10.8 Å². The number of nitro benzene ring substituents is 1. The Bertz CT molecular complexity index is 1150. The molecule has 1 atom stereocenters. The molecule has 1 unspecified atom stereocenters. The second-order valence-corrected chi connectivity index (χ2v) is 7.82. The zero-order valence-electron chi connectivity index (χ0n) is 18.6. The van der Waals surface area contributed by atoms with Crippen molar-refractivity contribution in [3.63, 3.8) is 0 Å². The second kappa shape index (κ2) is 8.93. The number of allylic oxidation sites excluding steroid dienone is 2. The van der Waals surface area contributed by atoms with Gasteiger partial charge in [-0.25, -0.2) is 0 Å². The highest BCUT2D eigenvalue weighted by Gasteiger charge is 2.41. The Morgan fingerprint density at radius 3 is 2.24 bits per heavy atom. The first-order valence-electron chi connectivity index (χ1n) is 10.5. The zero-order valence-corrected chi connectivity index (χ0v) is 18.6. The van der Waals surface area contributed by atoms with Gasteiger partial charge < -0.3 is 14.2 Å². The van der Waals surface area contributed by atoms with Crippen LogP contribution in [0.1, 0.15) is 37.2 Å². The molecule has 2 aromatic rings. The number of hydrogen-bond acceptors (Lipinski definition) is 7. The molecular formula is C24H24N2O7. The third-order valence-corrected chi connectivity index (χ3v) is 6.10. The smallest absolute Gasteiger partial charge is 0.269 e. The Morgan fingerprint density at radius 2 is 1.64 bits per heavy atom. The van der Waals surface area contributed by atoms with Crippen molar-refractivity contribution in [1.29, 1.82) is 0 Å². The summed E-state index contributed by atoms with van der Waals surface area (Å²) in [5, 5.41) is 11.0. The first kappa shape index (κ1) is 22.3. The molecule has 4 rings (SSSR count). The molecule has 9 heteroatoms. The van der Waals surface area contributed by atoms with Gasteiger partial charge in [0.05, 0.1) is 26.3 Å². The summed E-state index contributed by atoms with van der Waals surface area (Å²) in [6.07, 6.45) is 1.63. The molecule has 0 bridgehead atoms. The molecule has 33 heavy (non-hydrogen) atoms. The lowest BCUT2D eigenvalue weighted by molar-refractivity contribution is -0.384. The maximum absolute atomic E-state index is 13.4. The fourth-order valence-corrected chi connectivity index (χ4v) is 4.68. The lowest BCUT2D eigenvalue weighted by atomic mass is 9.76. The normalized spacial score (nSPS) is 18.2. The molecule has 1 aliphatic heterocycles. The molecule has 1 aliphatic carbocycles. The quantitative estimate of drug-likeness (QED) is 0.478. The Balaban J connectivity index is 1.86. The van der Waals surface area contributed by atoms with Crippen molar-refractivity contribution in [1.82, 2.24) is 0 Å². The maximum atomic E-state index is 13.4. The van der Waals surface area contributed by atoms with E-state index in [0.29, 0.717) is 59.0 Å². The van der Waals surface area contributed by atoms with Crippen LogP contribution in [0, 0.1) is 10.1 Å². The van der Waals surface area contributed by atoms with Gasteiger partial charge in [-0.15, -0.1) is 0 Å². The van der Waals surface area contributed by atoms with E-state index in [2.05, 4.69) is 0 Å². The number of ether oxygens (including phenoxy) is 3. The minimum atomic E-state index is -0.496. The predicted molar refractivity (Wildman–Crippen MR) is 120 cm³/mol. The summed E-state index contributed by atoms with van der Waals surface area (Å²) in [5.74, 6) is 0.592. The molecule has 0 saturated carbocycles. The van der Waals surface area contributed by atoms with E-state index in [4.69, 9.17) is 14.2 Å². The number of anilines is 1. The minimum Gasteiger partial charge on any atom is -0.493 e. The van der Waals surface area contributed by atoms with Crippen molar-refractivity contribution in [2.24, 2.45) is 0 Å². The molecule has 1 heterocycles. The fourth-order valence-electron chi connectivity index (χ4n) is 4.68. The molecular weight excluding hydrogens is 428 g/mol. The average Bonchev–Trinajstić information content (AvgIpc) is 2.82. The van der Waals surface area contributed by atoms with Gasteiger partial charge in [0.1, 0.15) is 0 Å². The summed E-state index contributed by atoms with van der Waals surface area (Å²) >= 11 is 0. The first-order chi connectivity index (χ1) is 15.9. The second-order valence-electron chi connectivity index (χ2n) is 7.82. The molecule has 9 nitrogen and oxygen atoms in total. The summed E-state index contributed by atoms with van der Waals surface area (Å²) in [7, 11) is 4.53. The van der Waals surface area contributed by atoms with Crippen molar-refractivity contribution < 1.29 is 28.7 Å². The molecule has 2 aliphatic rings. The lowest BCUT2D eigenvalue weighted by Gasteiger charge is -2.38. The number of hydrogen-bond donors (Lipinski definition) is 0. The van der Waals surface area contributed by atoms with E-state index in [1.165, 1.54) is 50.5 Å².